The third-order valence-electron chi connectivity index (χ3n) is 3.53. The van der Waals surface area contributed by atoms with Gasteiger partial charge in [0, 0.05) is 22.6 Å². The molecule has 3 heteroatoms. The molecule has 3 rings (SSSR count). The highest BCUT2D eigenvalue weighted by atomic mass is 79.9. The topological polar surface area (TPSA) is 21.3 Å². The molecule has 1 aliphatic rings. The number of rotatable bonds is 6. The Hall–Kier alpha value is -1.32. The summed E-state index contributed by atoms with van der Waals surface area (Å²) in [6, 6.07) is 13.3. The maximum atomic E-state index is 5.87. The second-order valence-corrected chi connectivity index (χ2v) is 6.35. The summed E-state index contributed by atoms with van der Waals surface area (Å²) in [5, 5.41) is 6.10. The lowest BCUT2D eigenvalue weighted by atomic mass is 10.0. The smallest absolute Gasteiger partial charge is 0.124 e. The van der Waals surface area contributed by atoms with Gasteiger partial charge in [-0.2, -0.15) is 0 Å². The first-order valence-corrected chi connectivity index (χ1v) is 7.73. The standard InChI is InChI=1S/C17H18BrNO/c1-12(18)11-20-17-9-6-13-4-2-3-5-15(13)16(17)10-19-14-7-8-14/h2-6,9,14,19H,1,7-8,10-11H2. The summed E-state index contributed by atoms with van der Waals surface area (Å²) in [6.45, 7) is 5.17. The van der Waals surface area contributed by atoms with Gasteiger partial charge in [-0.25, -0.2) is 0 Å². The van der Waals surface area contributed by atoms with E-state index in [0.29, 0.717) is 12.6 Å². The summed E-state index contributed by atoms with van der Waals surface area (Å²) in [5.74, 6) is 0.942. The van der Waals surface area contributed by atoms with Crippen molar-refractivity contribution in [1.82, 2.24) is 5.32 Å². The van der Waals surface area contributed by atoms with Crippen LogP contribution in [0.3, 0.4) is 0 Å². The van der Waals surface area contributed by atoms with E-state index in [1.807, 2.05) is 0 Å². The predicted octanol–water partition coefficient (Wildman–Crippen LogP) is 4.38. The maximum Gasteiger partial charge on any atom is 0.124 e. The zero-order chi connectivity index (χ0) is 13.9. The Morgan fingerprint density at radius 3 is 2.80 bits per heavy atom. The fourth-order valence-corrected chi connectivity index (χ4v) is 2.44. The van der Waals surface area contributed by atoms with Crippen LogP contribution in [0.1, 0.15) is 18.4 Å². The average Bonchev–Trinajstić information content (AvgIpc) is 3.27. The van der Waals surface area contributed by atoms with E-state index in [4.69, 9.17) is 4.74 Å². The Kier molecular flexibility index (Phi) is 4.08. The van der Waals surface area contributed by atoms with Crippen molar-refractivity contribution in [2.45, 2.75) is 25.4 Å². The number of fused-ring (bicyclic) bond motifs is 1. The third kappa shape index (κ3) is 3.22. The lowest BCUT2D eigenvalue weighted by Gasteiger charge is -2.14. The minimum Gasteiger partial charge on any atom is -0.488 e. The van der Waals surface area contributed by atoms with Gasteiger partial charge in [0.15, 0.2) is 0 Å². The fraction of sp³-hybridized carbons (Fsp3) is 0.294. The number of hydrogen-bond acceptors (Lipinski definition) is 2. The summed E-state index contributed by atoms with van der Waals surface area (Å²) < 4.78 is 6.73. The van der Waals surface area contributed by atoms with Gasteiger partial charge in [0.1, 0.15) is 12.4 Å². The summed E-state index contributed by atoms with van der Waals surface area (Å²) in [6.07, 6.45) is 2.58. The van der Waals surface area contributed by atoms with E-state index < -0.39 is 0 Å². The van der Waals surface area contributed by atoms with E-state index >= 15 is 0 Å². The van der Waals surface area contributed by atoms with E-state index in [-0.39, 0.29) is 0 Å². The van der Waals surface area contributed by atoms with Crippen molar-refractivity contribution in [1.29, 1.82) is 0 Å². The van der Waals surface area contributed by atoms with Crippen molar-refractivity contribution in [3.05, 3.63) is 53.0 Å². The molecule has 1 fully saturated rings. The number of nitrogens with one attached hydrogen (secondary N) is 1. The SMILES string of the molecule is C=C(Br)COc1ccc2ccccc2c1CNC1CC1. The lowest BCUT2D eigenvalue weighted by Crippen LogP contribution is -2.16. The van der Waals surface area contributed by atoms with Gasteiger partial charge in [-0.3, -0.25) is 0 Å². The molecule has 2 aromatic rings. The van der Waals surface area contributed by atoms with Crippen LogP contribution in [0.25, 0.3) is 10.8 Å². The quantitative estimate of drug-likeness (QED) is 0.848. The normalized spacial score (nSPS) is 14.4. The highest BCUT2D eigenvalue weighted by Crippen LogP contribution is 2.30. The molecule has 104 valence electrons. The molecule has 1 saturated carbocycles. The van der Waals surface area contributed by atoms with Gasteiger partial charge >= 0.3 is 0 Å². The Balaban J connectivity index is 1.93. The summed E-state index contributed by atoms with van der Waals surface area (Å²) in [4.78, 5) is 0. The molecule has 20 heavy (non-hydrogen) atoms. The summed E-state index contributed by atoms with van der Waals surface area (Å²) >= 11 is 3.34. The first kappa shape index (κ1) is 13.7. The zero-order valence-electron chi connectivity index (χ0n) is 11.4. The number of ether oxygens (including phenoxy) is 1. The van der Waals surface area contributed by atoms with Crippen LogP contribution < -0.4 is 10.1 Å². The molecule has 0 aliphatic heterocycles. The van der Waals surface area contributed by atoms with Crippen molar-refractivity contribution in [3.63, 3.8) is 0 Å². The van der Waals surface area contributed by atoms with Crippen LogP contribution in [0.2, 0.25) is 0 Å². The van der Waals surface area contributed by atoms with Gasteiger partial charge in [-0.15, -0.1) is 0 Å². The first-order valence-electron chi connectivity index (χ1n) is 6.94. The van der Waals surface area contributed by atoms with Crippen LogP contribution in [0, 0.1) is 0 Å². The summed E-state index contributed by atoms with van der Waals surface area (Å²) in [7, 11) is 0. The molecule has 0 atom stereocenters. The van der Waals surface area contributed by atoms with E-state index in [9.17, 15) is 0 Å². The van der Waals surface area contributed by atoms with Gasteiger partial charge in [-0.1, -0.05) is 52.8 Å². The molecular formula is C17H18BrNO. The van der Waals surface area contributed by atoms with E-state index in [2.05, 4.69) is 64.2 Å². The van der Waals surface area contributed by atoms with Crippen molar-refractivity contribution in [2.24, 2.45) is 0 Å². The van der Waals surface area contributed by atoms with Crippen molar-refractivity contribution in [2.75, 3.05) is 6.61 Å². The monoisotopic (exact) mass is 331 g/mol. The van der Waals surface area contributed by atoms with Crippen molar-refractivity contribution in [3.8, 4) is 5.75 Å². The zero-order valence-corrected chi connectivity index (χ0v) is 12.9. The molecule has 0 radical (unpaired) electrons. The van der Waals surface area contributed by atoms with Crippen LogP contribution in [0.5, 0.6) is 5.75 Å². The molecule has 0 saturated heterocycles. The Bertz CT molecular complexity index is 634. The molecule has 0 spiro atoms. The van der Waals surface area contributed by atoms with E-state index in [1.165, 1.54) is 29.2 Å². The fourth-order valence-electron chi connectivity index (χ4n) is 2.32. The highest BCUT2D eigenvalue weighted by molar-refractivity contribution is 9.11. The molecule has 0 unspecified atom stereocenters. The molecule has 1 N–H and O–H groups in total. The molecule has 0 heterocycles. The molecule has 1 aliphatic carbocycles. The molecule has 2 aromatic carbocycles. The second-order valence-electron chi connectivity index (χ2n) is 5.22. The average molecular weight is 332 g/mol. The van der Waals surface area contributed by atoms with Crippen molar-refractivity contribution >= 4 is 26.7 Å². The molecular weight excluding hydrogens is 314 g/mol. The molecule has 0 aromatic heterocycles. The Morgan fingerprint density at radius 2 is 2.05 bits per heavy atom. The van der Waals surface area contributed by atoms with Gasteiger partial charge in [0.25, 0.3) is 0 Å². The van der Waals surface area contributed by atoms with Crippen molar-refractivity contribution < 1.29 is 4.74 Å². The number of hydrogen-bond donors (Lipinski definition) is 1. The van der Waals surface area contributed by atoms with Gasteiger partial charge in [-0.05, 0) is 29.7 Å². The second kappa shape index (κ2) is 5.98. The molecule has 0 amide bonds. The minimum absolute atomic E-state index is 0.495. The first-order chi connectivity index (χ1) is 9.74. The highest BCUT2D eigenvalue weighted by Gasteiger charge is 2.21. The molecule has 2 nitrogen and oxygen atoms in total. The maximum absolute atomic E-state index is 5.87. The van der Waals surface area contributed by atoms with Crippen LogP contribution in [0.4, 0.5) is 0 Å². The Morgan fingerprint density at radius 1 is 1.25 bits per heavy atom. The van der Waals surface area contributed by atoms with Gasteiger partial charge in [0.2, 0.25) is 0 Å². The minimum atomic E-state index is 0.495. The van der Waals surface area contributed by atoms with E-state index in [1.54, 1.807) is 0 Å². The predicted molar refractivity (Wildman–Crippen MR) is 87.4 cm³/mol. The Labute approximate surface area is 128 Å². The van der Waals surface area contributed by atoms with Crippen LogP contribution in [-0.2, 0) is 6.54 Å². The number of benzene rings is 2. The van der Waals surface area contributed by atoms with Crippen LogP contribution in [0.15, 0.2) is 47.5 Å². The van der Waals surface area contributed by atoms with Gasteiger partial charge in [0.05, 0.1) is 0 Å². The van der Waals surface area contributed by atoms with Crippen LogP contribution in [-0.4, -0.2) is 12.6 Å². The molecule has 0 bridgehead atoms. The van der Waals surface area contributed by atoms with Crippen LogP contribution >= 0.6 is 15.9 Å². The summed E-state index contributed by atoms with van der Waals surface area (Å²) in [5.41, 5.74) is 1.24. The van der Waals surface area contributed by atoms with Gasteiger partial charge < -0.3 is 10.1 Å². The lowest BCUT2D eigenvalue weighted by molar-refractivity contribution is 0.356. The largest absolute Gasteiger partial charge is 0.488 e. The third-order valence-corrected chi connectivity index (χ3v) is 3.76. The van der Waals surface area contributed by atoms with E-state index in [0.717, 1.165) is 16.8 Å². The number of halogens is 1.